The molecule has 0 atom stereocenters. The molecule has 0 fully saturated rings. The average molecular weight is 205 g/mol. The first-order valence-corrected chi connectivity index (χ1v) is 4.50. The van der Waals surface area contributed by atoms with Crippen LogP contribution in [0.3, 0.4) is 0 Å². The highest BCUT2D eigenvalue weighted by Crippen LogP contribution is 2.30. The maximum atomic E-state index is 11.2. The van der Waals surface area contributed by atoms with Crippen LogP contribution in [0.1, 0.15) is 0 Å². The standard InChI is InChI=1S/C11H11NO3/c1-14-8-4-5-9(15-2)11-7(8)3-6-10(13)12-11/h3-6H,1-2H3,(H,12,13). The molecule has 0 saturated heterocycles. The first-order valence-electron chi connectivity index (χ1n) is 4.50. The molecule has 1 N–H and O–H groups in total. The number of ether oxygens (including phenoxy) is 2. The van der Waals surface area contributed by atoms with Crippen molar-refractivity contribution in [2.75, 3.05) is 14.2 Å². The van der Waals surface area contributed by atoms with Gasteiger partial charge in [-0.1, -0.05) is 0 Å². The number of hydrogen-bond acceptors (Lipinski definition) is 3. The molecule has 0 unspecified atom stereocenters. The fourth-order valence-electron chi connectivity index (χ4n) is 1.55. The highest BCUT2D eigenvalue weighted by molar-refractivity contribution is 5.89. The van der Waals surface area contributed by atoms with Gasteiger partial charge in [-0.3, -0.25) is 4.79 Å². The number of pyridine rings is 1. The van der Waals surface area contributed by atoms with Gasteiger partial charge in [-0.15, -0.1) is 0 Å². The summed E-state index contributed by atoms with van der Waals surface area (Å²) < 4.78 is 10.3. The molecular formula is C11H11NO3. The molecule has 0 aliphatic carbocycles. The zero-order valence-corrected chi connectivity index (χ0v) is 8.53. The van der Waals surface area contributed by atoms with Crippen LogP contribution in [0, 0.1) is 0 Å². The molecule has 0 spiro atoms. The predicted molar refractivity (Wildman–Crippen MR) is 57.7 cm³/mol. The molecule has 2 rings (SSSR count). The Kier molecular flexibility index (Phi) is 2.33. The van der Waals surface area contributed by atoms with Crippen LogP contribution in [0.15, 0.2) is 29.1 Å². The minimum absolute atomic E-state index is 0.158. The van der Waals surface area contributed by atoms with Crippen molar-refractivity contribution in [1.82, 2.24) is 4.98 Å². The second-order valence-electron chi connectivity index (χ2n) is 3.08. The van der Waals surface area contributed by atoms with E-state index in [1.54, 1.807) is 32.4 Å². The molecule has 0 amide bonds. The van der Waals surface area contributed by atoms with Crippen LogP contribution in [0.5, 0.6) is 11.5 Å². The number of nitrogens with one attached hydrogen (secondary N) is 1. The molecule has 0 aliphatic rings. The summed E-state index contributed by atoms with van der Waals surface area (Å²) in [7, 11) is 3.15. The van der Waals surface area contributed by atoms with E-state index in [0.717, 1.165) is 5.39 Å². The molecule has 1 heterocycles. The van der Waals surface area contributed by atoms with Crippen molar-refractivity contribution in [3.63, 3.8) is 0 Å². The summed E-state index contributed by atoms with van der Waals surface area (Å²) in [4.78, 5) is 13.9. The highest BCUT2D eigenvalue weighted by atomic mass is 16.5. The summed E-state index contributed by atoms with van der Waals surface area (Å²) >= 11 is 0. The summed E-state index contributed by atoms with van der Waals surface area (Å²) in [6.45, 7) is 0. The molecule has 0 saturated carbocycles. The van der Waals surface area contributed by atoms with E-state index in [0.29, 0.717) is 17.0 Å². The molecule has 78 valence electrons. The van der Waals surface area contributed by atoms with Crippen LogP contribution in [0.4, 0.5) is 0 Å². The highest BCUT2D eigenvalue weighted by Gasteiger charge is 2.06. The lowest BCUT2D eigenvalue weighted by molar-refractivity contribution is 0.409. The van der Waals surface area contributed by atoms with Gasteiger partial charge in [0.05, 0.1) is 19.7 Å². The number of H-pyrrole nitrogens is 1. The summed E-state index contributed by atoms with van der Waals surface area (Å²) in [6.07, 6.45) is 0. The number of hydrogen-bond donors (Lipinski definition) is 1. The Morgan fingerprint density at radius 1 is 1.00 bits per heavy atom. The van der Waals surface area contributed by atoms with Crippen molar-refractivity contribution < 1.29 is 9.47 Å². The zero-order valence-electron chi connectivity index (χ0n) is 8.53. The van der Waals surface area contributed by atoms with Crippen LogP contribution in [0.2, 0.25) is 0 Å². The quantitative estimate of drug-likeness (QED) is 0.809. The van der Waals surface area contributed by atoms with E-state index in [1.165, 1.54) is 6.07 Å². The first-order chi connectivity index (χ1) is 7.26. The fourth-order valence-corrected chi connectivity index (χ4v) is 1.55. The minimum Gasteiger partial charge on any atom is -0.496 e. The van der Waals surface area contributed by atoms with E-state index in [4.69, 9.17) is 9.47 Å². The molecule has 2 aromatic rings. The predicted octanol–water partition coefficient (Wildman–Crippen LogP) is 1.55. The second kappa shape index (κ2) is 3.65. The SMILES string of the molecule is COc1ccc(OC)c2[nH]c(=O)ccc12. The van der Waals surface area contributed by atoms with Gasteiger partial charge in [-0.05, 0) is 18.2 Å². The zero-order chi connectivity index (χ0) is 10.8. The Labute approximate surface area is 86.5 Å². The van der Waals surface area contributed by atoms with E-state index in [9.17, 15) is 4.79 Å². The topological polar surface area (TPSA) is 51.3 Å². The largest absolute Gasteiger partial charge is 0.496 e. The smallest absolute Gasteiger partial charge is 0.248 e. The number of benzene rings is 1. The van der Waals surface area contributed by atoms with Gasteiger partial charge in [0.2, 0.25) is 5.56 Å². The summed E-state index contributed by atoms with van der Waals surface area (Å²) in [5.74, 6) is 1.34. The second-order valence-corrected chi connectivity index (χ2v) is 3.08. The Hall–Kier alpha value is -1.97. The molecule has 4 nitrogen and oxygen atoms in total. The van der Waals surface area contributed by atoms with Gasteiger partial charge in [0.25, 0.3) is 0 Å². The molecule has 4 heteroatoms. The maximum Gasteiger partial charge on any atom is 0.248 e. The van der Waals surface area contributed by atoms with Crippen molar-refractivity contribution in [2.24, 2.45) is 0 Å². The third kappa shape index (κ3) is 1.54. The van der Waals surface area contributed by atoms with Crippen molar-refractivity contribution in [1.29, 1.82) is 0 Å². The van der Waals surface area contributed by atoms with Crippen molar-refractivity contribution in [3.05, 3.63) is 34.6 Å². The Bertz CT molecular complexity index is 545. The molecule has 15 heavy (non-hydrogen) atoms. The van der Waals surface area contributed by atoms with Gasteiger partial charge in [-0.25, -0.2) is 0 Å². The lowest BCUT2D eigenvalue weighted by Gasteiger charge is -2.08. The van der Waals surface area contributed by atoms with Crippen molar-refractivity contribution >= 4 is 10.9 Å². The molecule has 0 radical (unpaired) electrons. The molecule has 0 aliphatic heterocycles. The fraction of sp³-hybridized carbons (Fsp3) is 0.182. The van der Waals surface area contributed by atoms with Gasteiger partial charge in [0.1, 0.15) is 11.5 Å². The third-order valence-electron chi connectivity index (χ3n) is 2.26. The van der Waals surface area contributed by atoms with Crippen LogP contribution in [-0.4, -0.2) is 19.2 Å². The van der Waals surface area contributed by atoms with E-state index in [1.807, 2.05) is 0 Å². The van der Waals surface area contributed by atoms with Crippen molar-refractivity contribution in [2.45, 2.75) is 0 Å². The monoisotopic (exact) mass is 205 g/mol. The lowest BCUT2D eigenvalue weighted by atomic mass is 10.2. The summed E-state index contributed by atoms with van der Waals surface area (Å²) in [5.41, 5.74) is 0.499. The lowest BCUT2D eigenvalue weighted by Crippen LogP contribution is -2.04. The maximum absolute atomic E-state index is 11.2. The average Bonchev–Trinajstić information content (AvgIpc) is 2.27. The Morgan fingerprint density at radius 2 is 1.67 bits per heavy atom. The van der Waals surface area contributed by atoms with Crippen LogP contribution in [0.25, 0.3) is 10.9 Å². The van der Waals surface area contributed by atoms with Gasteiger partial charge in [-0.2, -0.15) is 0 Å². The van der Waals surface area contributed by atoms with Crippen LogP contribution in [-0.2, 0) is 0 Å². The molecular weight excluding hydrogens is 194 g/mol. The van der Waals surface area contributed by atoms with Crippen LogP contribution < -0.4 is 15.0 Å². The van der Waals surface area contributed by atoms with Gasteiger partial charge < -0.3 is 14.5 Å². The molecule has 1 aromatic carbocycles. The molecule has 0 bridgehead atoms. The minimum atomic E-state index is -0.158. The number of rotatable bonds is 2. The normalized spacial score (nSPS) is 10.3. The summed E-state index contributed by atoms with van der Waals surface area (Å²) in [5, 5.41) is 0.830. The van der Waals surface area contributed by atoms with Crippen LogP contribution >= 0.6 is 0 Å². The van der Waals surface area contributed by atoms with E-state index in [2.05, 4.69) is 4.98 Å². The van der Waals surface area contributed by atoms with E-state index in [-0.39, 0.29) is 5.56 Å². The number of aromatic nitrogens is 1. The van der Waals surface area contributed by atoms with Gasteiger partial charge in [0, 0.05) is 11.5 Å². The van der Waals surface area contributed by atoms with E-state index < -0.39 is 0 Å². The number of aromatic amines is 1. The third-order valence-corrected chi connectivity index (χ3v) is 2.26. The van der Waals surface area contributed by atoms with Gasteiger partial charge in [0.15, 0.2) is 0 Å². The number of fused-ring (bicyclic) bond motifs is 1. The molecule has 1 aromatic heterocycles. The van der Waals surface area contributed by atoms with Gasteiger partial charge >= 0.3 is 0 Å². The van der Waals surface area contributed by atoms with Crippen molar-refractivity contribution in [3.8, 4) is 11.5 Å². The summed E-state index contributed by atoms with van der Waals surface area (Å²) in [6, 6.07) is 6.75. The van der Waals surface area contributed by atoms with E-state index >= 15 is 0 Å². The first kappa shape index (κ1) is 9.58. The Morgan fingerprint density at radius 3 is 2.33 bits per heavy atom. The number of methoxy groups -OCH3 is 2. The Balaban J connectivity index is 2.86.